The first-order chi connectivity index (χ1) is 19.8. The Morgan fingerprint density at radius 3 is 1.70 bits per heavy atom. The lowest BCUT2D eigenvalue weighted by molar-refractivity contribution is -0.231. The molecule has 0 bridgehead atoms. The summed E-state index contributed by atoms with van der Waals surface area (Å²) in [5, 5.41) is 0. The first kappa shape index (κ1) is 27.7. The summed E-state index contributed by atoms with van der Waals surface area (Å²) in [7, 11) is 0. The maximum absolute atomic E-state index is 13.2. The Bertz CT molecular complexity index is 1280. The van der Waals surface area contributed by atoms with Gasteiger partial charge in [0, 0.05) is 0 Å². The van der Waals surface area contributed by atoms with E-state index in [-0.39, 0.29) is 13.2 Å². The number of hydrogen-bond acceptors (Lipinski definition) is 6. The summed E-state index contributed by atoms with van der Waals surface area (Å²) in [6.07, 6.45) is -2.31. The number of benzene rings is 4. The Morgan fingerprint density at radius 1 is 0.625 bits per heavy atom. The van der Waals surface area contributed by atoms with E-state index in [1.54, 1.807) is 12.1 Å². The van der Waals surface area contributed by atoms with Crippen molar-refractivity contribution >= 4 is 5.97 Å². The van der Waals surface area contributed by atoms with Gasteiger partial charge < -0.3 is 23.7 Å². The molecule has 0 radical (unpaired) electrons. The molecule has 4 aromatic carbocycles. The van der Waals surface area contributed by atoms with E-state index in [0.29, 0.717) is 25.4 Å². The molecule has 0 aliphatic carbocycles. The van der Waals surface area contributed by atoms with E-state index in [1.165, 1.54) is 0 Å². The molecule has 40 heavy (non-hydrogen) atoms. The topological polar surface area (TPSA) is 63.2 Å². The Morgan fingerprint density at radius 2 is 1.12 bits per heavy atom. The van der Waals surface area contributed by atoms with E-state index < -0.39 is 30.4 Å². The van der Waals surface area contributed by atoms with E-state index >= 15 is 0 Å². The van der Waals surface area contributed by atoms with Crippen LogP contribution < -0.4 is 0 Å². The van der Waals surface area contributed by atoms with Gasteiger partial charge in [-0.15, -0.1) is 0 Å². The van der Waals surface area contributed by atoms with Crippen molar-refractivity contribution in [3.8, 4) is 0 Å². The van der Waals surface area contributed by atoms with Crippen molar-refractivity contribution in [2.24, 2.45) is 0 Å². The minimum absolute atomic E-state index is 0.234. The van der Waals surface area contributed by atoms with Gasteiger partial charge in [-0.3, -0.25) is 0 Å². The summed E-state index contributed by atoms with van der Waals surface area (Å²) in [6, 6.07) is 38.7. The van der Waals surface area contributed by atoms with Crippen LogP contribution >= 0.6 is 0 Å². The minimum atomic E-state index is -0.748. The molecule has 1 aliphatic rings. The number of ether oxygens (including phenoxy) is 5. The normalized spacial score (nSPS) is 20.6. The van der Waals surface area contributed by atoms with Crippen LogP contribution in [0.1, 0.15) is 27.0 Å². The van der Waals surface area contributed by atoms with E-state index in [2.05, 4.69) is 0 Å². The standard InChI is InChI=1S/C34H34O6/c35-34(29-19-11-4-12-20-29)40-33-30(24-36-21-26-13-5-1-6-14-26)38-25-31(37-22-27-15-7-2-8-16-27)32(33)39-23-28-17-9-3-10-18-28/h1-20,30-33H,21-25H2/t30-,31+,32-,33+/m1/s1. The third-order valence-electron chi connectivity index (χ3n) is 6.77. The van der Waals surface area contributed by atoms with Gasteiger partial charge in [0.2, 0.25) is 0 Å². The summed E-state index contributed by atoms with van der Waals surface area (Å²) in [4.78, 5) is 13.2. The molecule has 0 N–H and O–H groups in total. The van der Waals surface area contributed by atoms with Crippen LogP contribution in [-0.2, 0) is 43.5 Å². The number of carbonyl (C=O) groups excluding carboxylic acids is 1. The lowest BCUT2D eigenvalue weighted by atomic mass is 9.99. The van der Waals surface area contributed by atoms with Crippen LogP contribution in [0.5, 0.6) is 0 Å². The lowest BCUT2D eigenvalue weighted by Crippen LogP contribution is -2.57. The van der Waals surface area contributed by atoms with Crippen LogP contribution in [0.25, 0.3) is 0 Å². The molecular formula is C34H34O6. The fraction of sp³-hybridized carbons (Fsp3) is 0.265. The molecular weight excluding hydrogens is 504 g/mol. The number of carbonyl (C=O) groups is 1. The molecule has 1 saturated heterocycles. The van der Waals surface area contributed by atoms with Gasteiger partial charge in [-0.05, 0) is 28.8 Å². The first-order valence-corrected chi connectivity index (χ1v) is 13.6. The second kappa shape index (κ2) is 14.5. The molecule has 0 spiro atoms. The van der Waals surface area contributed by atoms with E-state index in [0.717, 1.165) is 16.7 Å². The monoisotopic (exact) mass is 538 g/mol. The predicted octanol–water partition coefficient (Wildman–Crippen LogP) is 6.00. The predicted molar refractivity (Wildman–Crippen MR) is 152 cm³/mol. The zero-order valence-corrected chi connectivity index (χ0v) is 22.3. The molecule has 4 aromatic rings. The van der Waals surface area contributed by atoms with Crippen molar-refractivity contribution in [1.82, 2.24) is 0 Å². The van der Waals surface area contributed by atoms with E-state index in [9.17, 15) is 4.79 Å². The number of esters is 1. The third-order valence-corrected chi connectivity index (χ3v) is 6.77. The molecule has 1 aliphatic heterocycles. The highest BCUT2D eigenvalue weighted by Crippen LogP contribution is 2.27. The quantitative estimate of drug-likeness (QED) is 0.206. The van der Waals surface area contributed by atoms with Gasteiger partial charge >= 0.3 is 5.97 Å². The van der Waals surface area contributed by atoms with Crippen molar-refractivity contribution < 1.29 is 28.5 Å². The average molecular weight is 539 g/mol. The second-order valence-corrected chi connectivity index (χ2v) is 9.70. The maximum Gasteiger partial charge on any atom is 0.338 e. The maximum atomic E-state index is 13.2. The zero-order chi connectivity index (χ0) is 27.4. The van der Waals surface area contributed by atoms with Gasteiger partial charge in [-0.25, -0.2) is 4.79 Å². The van der Waals surface area contributed by atoms with Crippen molar-refractivity contribution in [3.05, 3.63) is 144 Å². The van der Waals surface area contributed by atoms with Crippen LogP contribution in [0, 0.1) is 0 Å². The lowest BCUT2D eigenvalue weighted by Gasteiger charge is -2.41. The van der Waals surface area contributed by atoms with Gasteiger partial charge in [0.25, 0.3) is 0 Å². The van der Waals surface area contributed by atoms with Crippen molar-refractivity contribution in [2.75, 3.05) is 13.2 Å². The van der Waals surface area contributed by atoms with E-state index in [4.69, 9.17) is 23.7 Å². The molecule has 4 atom stereocenters. The van der Waals surface area contributed by atoms with Crippen molar-refractivity contribution in [1.29, 1.82) is 0 Å². The molecule has 0 amide bonds. The summed E-state index contributed by atoms with van der Waals surface area (Å²) in [5.74, 6) is -0.445. The minimum Gasteiger partial charge on any atom is -0.453 e. The van der Waals surface area contributed by atoms with Gasteiger partial charge in [0.15, 0.2) is 6.10 Å². The molecule has 0 saturated carbocycles. The Hall–Kier alpha value is -3.81. The van der Waals surface area contributed by atoms with Crippen molar-refractivity contribution in [2.45, 2.75) is 44.2 Å². The van der Waals surface area contributed by atoms with Gasteiger partial charge in [0.05, 0.1) is 38.6 Å². The van der Waals surface area contributed by atoms with Crippen molar-refractivity contribution in [3.63, 3.8) is 0 Å². The first-order valence-electron chi connectivity index (χ1n) is 13.6. The molecule has 0 unspecified atom stereocenters. The highest BCUT2D eigenvalue weighted by atomic mass is 16.6. The van der Waals surface area contributed by atoms with Crippen LogP contribution in [0.4, 0.5) is 0 Å². The summed E-state index contributed by atoms with van der Waals surface area (Å²) < 4.78 is 31.2. The molecule has 206 valence electrons. The summed E-state index contributed by atoms with van der Waals surface area (Å²) >= 11 is 0. The highest BCUT2D eigenvalue weighted by Gasteiger charge is 2.45. The molecule has 1 fully saturated rings. The van der Waals surface area contributed by atoms with Crippen LogP contribution in [0.2, 0.25) is 0 Å². The smallest absolute Gasteiger partial charge is 0.338 e. The molecule has 6 heteroatoms. The number of hydrogen-bond donors (Lipinski definition) is 0. The third kappa shape index (κ3) is 7.87. The number of rotatable bonds is 12. The Kier molecular flexibility index (Phi) is 10.1. The fourth-order valence-corrected chi connectivity index (χ4v) is 4.64. The average Bonchev–Trinajstić information content (AvgIpc) is 3.02. The second-order valence-electron chi connectivity index (χ2n) is 9.70. The largest absolute Gasteiger partial charge is 0.453 e. The van der Waals surface area contributed by atoms with Gasteiger partial charge in [0.1, 0.15) is 18.3 Å². The molecule has 6 nitrogen and oxygen atoms in total. The Labute approximate surface area is 235 Å². The van der Waals surface area contributed by atoms with E-state index in [1.807, 2.05) is 109 Å². The van der Waals surface area contributed by atoms with Crippen LogP contribution in [0.15, 0.2) is 121 Å². The Balaban J connectivity index is 1.36. The molecule has 0 aromatic heterocycles. The summed E-state index contributed by atoms with van der Waals surface area (Å²) in [5.41, 5.74) is 3.56. The van der Waals surface area contributed by atoms with Gasteiger partial charge in [-0.1, -0.05) is 109 Å². The SMILES string of the molecule is O=C(O[C@@H]1[C@H](OCc2ccccc2)[C@@H](OCc2ccccc2)CO[C@@H]1COCc1ccccc1)c1ccccc1. The van der Waals surface area contributed by atoms with Crippen LogP contribution in [0.3, 0.4) is 0 Å². The summed E-state index contributed by atoms with van der Waals surface area (Å²) in [6.45, 7) is 1.66. The zero-order valence-electron chi connectivity index (χ0n) is 22.3. The van der Waals surface area contributed by atoms with Gasteiger partial charge in [-0.2, -0.15) is 0 Å². The molecule has 1 heterocycles. The van der Waals surface area contributed by atoms with Crippen LogP contribution in [-0.4, -0.2) is 43.6 Å². The highest BCUT2D eigenvalue weighted by molar-refractivity contribution is 5.89. The molecule has 5 rings (SSSR count). The fourth-order valence-electron chi connectivity index (χ4n) is 4.64.